The highest BCUT2D eigenvalue weighted by atomic mass is 19.1. The summed E-state index contributed by atoms with van der Waals surface area (Å²) >= 11 is 0. The Balaban J connectivity index is 1.82. The zero-order chi connectivity index (χ0) is 14.4. The first-order chi connectivity index (χ1) is 9.65. The van der Waals surface area contributed by atoms with Crippen molar-refractivity contribution in [3.05, 3.63) is 59.7 Å². The molecule has 20 heavy (non-hydrogen) atoms. The van der Waals surface area contributed by atoms with E-state index in [4.69, 9.17) is 0 Å². The minimum atomic E-state index is -0.374. The van der Waals surface area contributed by atoms with Crippen LogP contribution in [0.2, 0.25) is 0 Å². The average molecular weight is 273 g/mol. The second-order valence-corrected chi connectivity index (χ2v) is 4.45. The molecule has 0 unspecified atom stereocenters. The van der Waals surface area contributed by atoms with Crippen LogP contribution in [0.15, 0.2) is 42.7 Å². The van der Waals surface area contributed by atoms with Gasteiger partial charge in [-0.25, -0.2) is 9.18 Å². The Hall–Kier alpha value is -2.43. The van der Waals surface area contributed by atoms with E-state index in [1.165, 1.54) is 12.1 Å². The van der Waals surface area contributed by atoms with E-state index in [9.17, 15) is 9.18 Å². The maximum atomic E-state index is 13.1. The van der Waals surface area contributed by atoms with Crippen LogP contribution in [0.3, 0.4) is 0 Å². The highest BCUT2D eigenvalue weighted by Crippen LogP contribution is 2.15. The van der Waals surface area contributed by atoms with E-state index in [1.807, 2.05) is 19.1 Å². The number of benzene rings is 1. The van der Waals surface area contributed by atoms with Gasteiger partial charge in [0.15, 0.2) is 0 Å². The van der Waals surface area contributed by atoms with E-state index in [0.29, 0.717) is 18.7 Å². The van der Waals surface area contributed by atoms with Gasteiger partial charge in [-0.15, -0.1) is 0 Å². The number of nitrogens with zero attached hydrogens (tertiary/aromatic N) is 1. The molecule has 0 aliphatic rings. The number of carbonyl (C=O) groups is 1. The SMILES string of the molecule is Cc1ccc(F)cc1NC(=O)NCCc1cccnc1. The van der Waals surface area contributed by atoms with E-state index >= 15 is 0 Å². The van der Waals surface area contributed by atoms with Crippen LogP contribution in [-0.2, 0) is 6.42 Å². The van der Waals surface area contributed by atoms with E-state index in [2.05, 4.69) is 15.6 Å². The summed E-state index contributed by atoms with van der Waals surface area (Å²) in [6.07, 6.45) is 4.16. The van der Waals surface area contributed by atoms with Gasteiger partial charge in [-0.2, -0.15) is 0 Å². The predicted octanol–water partition coefficient (Wildman–Crippen LogP) is 2.89. The Morgan fingerprint density at radius 2 is 2.20 bits per heavy atom. The summed E-state index contributed by atoms with van der Waals surface area (Å²) in [5.41, 5.74) is 2.34. The monoisotopic (exact) mass is 273 g/mol. The summed E-state index contributed by atoms with van der Waals surface area (Å²) < 4.78 is 13.1. The Labute approximate surface area is 117 Å². The lowest BCUT2D eigenvalue weighted by atomic mass is 10.2. The maximum Gasteiger partial charge on any atom is 0.319 e. The number of aromatic nitrogens is 1. The normalized spacial score (nSPS) is 10.1. The molecule has 2 aromatic rings. The number of amides is 2. The summed E-state index contributed by atoms with van der Waals surface area (Å²) in [7, 11) is 0. The van der Waals surface area contributed by atoms with E-state index in [0.717, 1.165) is 11.1 Å². The van der Waals surface area contributed by atoms with Crippen molar-refractivity contribution in [1.29, 1.82) is 0 Å². The fourth-order valence-electron chi connectivity index (χ4n) is 1.76. The highest BCUT2D eigenvalue weighted by molar-refractivity contribution is 5.90. The maximum absolute atomic E-state index is 13.1. The molecule has 2 rings (SSSR count). The van der Waals surface area contributed by atoms with Crippen LogP contribution in [0.25, 0.3) is 0 Å². The lowest BCUT2D eigenvalue weighted by Gasteiger charge is -2.10. The molecule has 4 nitrogen and oxygen atoms in total. The summed E-state index contributed by atoms with van der Waals surface area (Å²) in [6.45, 7) is 2.30. The van der Waals surface area contributed by atoms with E-state index < -0.39 is 0 Å². The molecule has 0 saturated carbocycles. The van der Waals surface area contributed by atoms with Gasteiger partial charge >= 0.3 is 6.03 Å². The standard InChI is InChI=1S/C15H16FN3O/c1-11-4-5-13(16)9-14(11)19-15(20)18-8-6-12-3-2-7-17-10-12/h2-5,7,9-10H,6,8H2,1H3,(H2,18,19,20). The molecule has 0 aliphatic carbocycles. The van der Waals surface area contributed by atoms with Gasteiger partial charge in [-0.1, -0.05) is 12.1 Å². The second kappa shape index (κ2) is 6.65. The third-order valence-corrected chi connectivity index (χ3v) is 2.87. The van der Waals surface area contributed by atoms with Crippen LogP contribution in [-0.4, -0.2) is 17.6 Å². The number of aryl methyl sites for hydroxylation is 1. The lowest BCUT2D eigenvalue weighted by Crippen LogP contribution is -2.30. The highest BCUT2D eigenvalue weighted by Gasteiger charge is 2.05. The third kappa shape index (κ3) is 4.05. The van der Waals surface area contributed by atoms with Gasteiger partial charge in [0.05, 0.1) is 0 Å². The van der Waals surface area contributed by atoms with Gasteiger partial charge < -0.3 is 10.6 Å². The van der Waals surface area contributed by atoms with Gasteiger partial charge in [-0.05, 0) is 42.7 Å². The third-order valence-electron chi connectivity index (χ3n) is 2.87. The Morgan fingerprint density at radius 1 is 1.35 bits per heavy atom. The number of rotatable bonds is 4. The zero-order valence-electron chi connectivity index (χ0n) is 11.2. The van der Waals surface area contributed by atoms with Crippen LogP contribution in [0, 0.1) is 12.7 Å². The molecule has 0 atom stereocenters. The van der Waals surface area contributed by atoms with Gasteiger partial charge in [0.2, 0.25) is 0 Å². The van der Waals surface area contributed by atoms with E-state index in [-0.39, 0.29) is 11.8 Å². The first kappa shape index (κ1) is 14.0. The smallest absolute Gasteiger partial charge is 0.319 e. The number of nitrogens with one attached hydrogen (secondary N) is 2. The summed E-state index contributed by atoms with van der Waals surface area (Å²) in [4.78, 5) is 15.7. The van der Waals surface area contributed by atoms with Crippen molar-refractivity contribution < 1.29 is 9.18 Å². The fourth-order valence-corrected chi connectivity index (χ4v) is 1.76. The van der Waals surface area contributed by atoms with Gasteiger partial charge in [0.1, 0.15) is 5.82 Å². The van der Waals surface area contributed by atoms with Crippen LogP contribution in [0.1, 0.15) is 11.1 Å². The van der Waals surface area contributed by atoms with Crippen LogP contribution >= 0.6 is 0 Å². The fraction of sp³-hybridized carbons (Fsp3) is 0.200. The lowest BCUT2D eigenvalue weighted by molar-refractivity contribution is 0.252. The molecule has 0 radical (unpaired) electrons. The van der Waals surface area contributed by atoms with Crippen LogP contribution in [0.4, 0.5) is 14.9 Å². The summed E-state index contributed by atoms with van der Waals surface area (Å²) in [5, 5.41) is 5.36. The van der Waals surface area contributed by atoms with Crippen LogP contribution < -0.4 is 10.6 Å². The van der Waals surface area contributed by atoms with Crippen molar-refractivity contribution in [2.45, 2.75) is 13.3 Å². The average Bonchev–Trinajstić information content (AvgIpc) is 2.44. The molecule has 0 spiro atoms. The molecule has 2 amide bonds. The predicted molar refractivity (Wildman–Crippen MR) is 76.1 cm³/mol. The number of hydrogen-bond acceptors (Lipinski definition) is 2. The van der Waals surface area contributed by atoms with Crippen molar-refractivity contribution in [3.63, 3.8) is 0 Å². The zero-order valence-corrected chi connectivity index (χ0v) is 11.2. The number of urea groups is 1. The Bertz CT molecular complexity index is 587. The molecular formula is C15H16FN3O. The van der Waals surface area contributed by atoms with Crippen LogP contribution in [0.5, 0.6) is 0 Å². The molecule has 104 valence electrons. The Morgan fingerprint density at radius 3 is 2.95 bits per heavy atom. The molecule has 2 N–H and O–H groups in total. The van der Waals surface area contributed by atoms with Crippen molar-refractivity contribution in [3.8, 4) is 0 Å². The van der Waals surface area contributed by atoms with Crippen molar-refractivity contribution in [2.75, 3.05) is 11.9 Å². The Kier molecular flexibility index (Phi) is 4.65. The number of halogens is 1. The minimum Gasteiger partial charge on any atom is -0.338 e. The molecule has 1 aromatic carbocycles. The van der Waals surface area contributed by atoms with Crippen molar-refractivity contribution in [2.24, 2.45) is 0 Å². The molecule has 1 heterocycles. The molecule has 0 fully saturated rings. The summed E-state index contributed by atoms with van der Waals surface area (Å²) in [6, 6.07) is 7.74. The van der Waals surface area contributed by atoms with Gasteiger partial charge in [0.25, 0.3) is 0 Å². The van der Waals surface area contributed by atoms with Crippen molar-refractivity contribution >= 4 is 11.7 Å². The number of pyridine rings is 1. The minimum absolute atomic E-state index is 0.345. The number of hydrogen-bond donors (Lipinski definition) is 2. The molecule has 5 heteroatoms. The van der Waals surface area contributed by atoms with Gasteiger partial charge in [-0.3, -0.25) is 4.98 Å². The molecule has 0 aliphatic heterocycles. The number of carbonyl (C=O) groups excluding carboxylic acids is 1. The number of anilines is 1. The van der Waals surface area contributed by atoms with E-state index in [1.54, 1.807) is 18.5 Å². The second-order valence-electron chi connectivity index (χ2n) is 4.45. The molecule has 0 saturated heterocycles. The van der Waals surface area contributed by atoms with Gasteiger partial charge in [0, 0.05) is 24.6 Å². The largest absolute Gasteiger partial charge is 0.338 e. The summed E-state index contributed by atoms with van der Waals surface area (Å²) in [5.74, 6) is -0.374. The first-order valence-electron chi connectivity index (χ1n) is 6.35. The molecule has 1 aromatic heterocycles. The topological polar surface area (TPSA) is 54.0 Å². The molecule has 0 bridgehead atoms. The van der Waals surface area contributed by atoms with Crippen molar-refractivity contribution in [1.82, 2.24) is 10.3 Å². The molecular weight excluding hydrogens is 257 g/mol. The quantitative estimate of drug-likeness (QED) is 0.900. The first-order valence-corrected chi connectivity index (χ1v) is 6.35.